The summed E-state index contributed by atoms with van der Waals surface area (Å²) in [6, 6.07) is -0.242. The first-order valence-electron chi connectivity index (χ1n) is 7.35. The van der Waals surface area contributed by atoms with E-state index in [9.17, 15) is 9.59 Å². The molecule has 2 amide bonds. The highest BCUT2D eigenvalue weighted by molar-refractivity contribution is 7.99. The number of carbonyl (C=O) groups is 2. The molecule has 0 spiro atoms. The van der Waals surface area contributed by atoms with Crippen molar-refractivity contribution in [2.75, 3.05) is 38.2 Å². The van der Waals surface area contributed by atoms with E-state index in [-0.39, 0.29) is 24.1 Å². The Morgan fingerprint density at radius 3 is 2.86 bits per heavy atom. The molecule has 0 bridgehead atoms. The van der Waals surface area contributed by atoms with E-state index >= 15 is 0 Å². The number of nitrogens with zero attached hydrogens (tertiary/aromatic N) is 2. The maximum atomic E-state index is 12.7. The van der Waals surface area contributed by atoms with Gasteiger partial charge in [-0.25, -0.2) is 4.79 Å². The molecule has 21 heavy (non-hydrogen) atoms. The standard InChI is InChI=1S/C14H24N2O4S/c1-14(20-2)4-3-5-15(10-14)13(19)16-6-7-21-9-11(16)8-12(17)18/h11H,3-10H2,1-2H3,(H,17,18). The summed E-state index contributed by atoms with van der Waals surface area (Å²) in [5.41, 5.74) is -0.291. The number of amides is 2. The maximum absolute atomic E-state index is 12.7. The average Bonchev–Trinajstić information content (AvgIpc) is 2.46. The maximum Gasteiger partial charge on any atom is 0.320 e. The summed E-state index contributed by atoms with van der Waals surface area (Å²) in [5.74, 6) is 0.727. The Balaban J connectivity index is 2.04. The Bertz CT molecular complexity index is 406. The highest BCUT2D eigenvalue weighted by Crippen LogP contribution is 2.27. The van der Waals surface area contributed by atoms with E-state index in [0.29, 0.717) is 18.8 Å². The third kappa shape index (κ3) is 4.03. The van der Waals surface area contributed by atoms with Crippen LogP contribution in [0, 0.1) is 0 Å². The van der Waals surface area contributed by atoms with Crippen molar-refractivity contribution in [3.8, 4) is 0 Å². The van der Waals surface area contributed by atoms with Crippen molar-refractivity contribution in [3.05, 3.63) is 0 Å². The molecule has 2 atom stereocenters. The summed E-state index contributed by atoms with van der Waals surface area (Å²) < 4.78 is 5.53. The van der Waals surface area contributed by atoms with Crippen LogP contribution in [0.2, 0.25) is 0 Å². The van der Waals surface area contributed by atoms with Gasteiger partial charge < -0.3 is 19.6 Å². The van der Waals surface area contributed by atoms with Gasteiger partial charge in [0.2, 0.25) is 0 Å². The van der Waals surface area contributed by atoms with Crippen LogP contribution in [0.3, 0.4) is 0 Å². The van der Waals surface area contributed by atoms with Crippen LogP contribution in [0.5, 0.6) is 0 Å². The van der Waals surface area contributed by atoms with Gasteiger partial charge in [-0.15, -0.1) is 0 Å². The number of hydrogen-bond acceptors (Lipinski definition) is 4. The van der Waals surface area contributed by atoms with Crippen molar-refractivity contribution in [3.63, 3.8) is 0 Å². The van der Waals surface area contributed by atoms with Gasteiger partial charge in [0.1, 0.15) is 0 Å². The van der Waals surface area contributed by atoms with Crippen LogP contribution < -0.4 is 0 Å². The van der Waals surface area contributed by atoms with E-state index in [0.717, 1.165) is 25.1 Å². The van der Waals surface area contributed by atoms with Gasteiger partial charge in [0, 0.05) is 31.7 Å². The third-order valence-corrected chi connectivity index (χ3v) is 5.40. The summed E-state index contributed by atoms with van der Waals surface area (Å²) in [5, 5.41) is 9.02. The van der Waals surface area contributed by atoms with Gasteiger partial charge in [-0.2, -0.15) is 11.8 Å². The first-order chi connectivity index (χ1) is 9.95. The Kier molecular flexibility index (Phi) is 5.37. The zero-order valence-corrected chi connectivity index (χ0v) is 13.5. The number of carbonyl (C=O) groups excluding carboxylic acids is 1. The molecule has 0 aromatic heterocycles. The zero-order valence-electron chi connectivity index (χ0n) is 12.7. The fraction of sp³-hybridized carbons (Fsp3) is 0.857. The minimum absolute atomic E-state index is 0.0220. The molecule has 0 saturated carbocycles. The number of carboxylic acids is 1. The molecule has 0 aromatic carbocycles. The van der Waals surface area contributed by atoms with Crippen LogP contribution in [-0.4, -0.2) is 76.8 Å². The summed E-state index contributed by atoms with van der Waals surface area (Å²) in [6.07, 6.45) is 1.89. The lowest BCUT2D eigenvalue weighted by Gasteiger charge is -2.43. The normalized spacial score (nSPS) is 30.3. The molecular formula is C14H24N2O4S. The topological polar surface area (TPSA) is 70.1 Å². The molecule has 2 heterocycles. The van der Waals surface area contributed by atoms with Crippen molar-refractivity contribution in [2.45, 2.75) is 37.8 Å². The number of aliphatic carboxylic acids is 1. The van der Waals surface area contributed by atoms with Crippen LogP contribution in [0.15, 0.2) is 0 Å². The first-order valence-corrected chi connectivity index (χ1v) is 8.51. The number of likely N-dealkylation sites (tertiary alicyclic amines) is 1. The molecule has 6 nitrogen and oxygen atoms in total. The van der Waals surface area contributed by atoms with E-state index in [2.05, 4.69) is 0 Å². The third-order valence-electron chi connectivity index (χ3n) is 4.31. The van der Waals surface area contributed by atoms with Gasteiger partial charge in [0.25, 0.3) is 0 Å². The van der Waals surface area contributed by atoms with Gasteiger partial charge in [-0.05, 0) is 19.8 Å². The van der Waals surface area contributed by atoms with Crippen molar-refractivity contribution < 1.29 is 19.4 Å². The van der Waals surface area contributed by atoms with E-state index in [1.165, 1.54) is 0 Å². The SMILES string of the molecule is COC1(C)CCCN(C(=O)N2CCSCC2CC(=O)O)C1. The number of thioether (sulfide) groups is 1. The summed E-state index contributed by atoms with van der Waals surface area (Å²) in [4.78, 5) is 27.3. The summed E-state index contributed by atoms with van der Waals surface area (Å²) in [6.45, 7) is 3.95. The summed E-state index contributed by atoms with van der Waals surface area (Å²) >= 11 is 1.72. The van der Waals surface area contributed by atoms with Crippen molar-refractivity contribution in [2.24, 2.45) is 0 Å². The molecule has 2 rings (SSSR count). The monoisotopic (exact) mass is 316 g/mol. The highest BCUT2D eigenvalue weighted by atomic mass is 32.2. The first kappa shape index (κ1) is 16.4. The molecule has 2 unspecified atom stereocenters. The Morgan fingerprint density at radius 2 is 2.19 bits per heavy atom. The smallest absolute Gasteiger partial charge is 0.320 e. The van der Waals surface area contributed by atoms with Crippen molar-refractivity contribution >= 4 is 23.8 Å². The lowest BCUT2D eigenvalue weighted by Crippen LogP contribution is -2.57. The lowest BCUT2D eigenvalue weighted by molar-refractivity contribution is -0.138. The van der Waals surface area contributed by atoms with E-state index in [1.54, 1.807) is 23.8 Å². The molecule has 2 fully saturated rings. The minimum Gasteiger partial charge on any atom is -0.481 e. The van der Waals surface area contributed by atoms with Crippen LogP contribution in [0.4, 0.5) is 4.79 Å². The molecule has 7 heteroatoms. The second-order valence-corrected chi connectivity index (χ2v) is 7.13. The Morgan fingerprint density at radius 1 is 1.43 bits per heavy atom. The van der Waals surface area contributed by atoms with Crippen molar-refractivity contribution in [1.29, 1.82) is 0 Å². The van der Waals surface area contributed by atoms with Crippen LogP contribution in [-0.2, 0) is 9.53 Å². The van der Waals surface area contributed by atoms with E-state index < -0.39 is 5.97 Å². The van der Waals surface area contributed by atoms with E-state index in [4.69, 9.17) is 9.84 Å². The molecule has 2 aliphatic rings. The number of methoxy groups -OCH3 is 1. The number of carboxylic acid groups (broad SMARTS) is 1. The predicted molar refractivity (Wildman–Crippen MR) is 81.7 cm³/mol. The number of piperidine rings is 1. The quantitative estimate of drug-likeness (QED) is 0.854. The van der Waals surface area contributed by atoms with Crippen LogP contribution in [0.1, 0.15) is 26.2 Å². The van der Waals surface area contributed by atoms with Gasteiger partial charge in [-0.1, -0.05) is 0 Å². The zero-order chi connectivity index (χ0) is 15.5. The van der Waals surface area contributed by atoms with Gasteiger partial charge >= 0.3 is 12.0 Å². The van der Waals surface area contributed by atoms with Gasteiger partial charge in [-0.3, -0.25) is 4.79 Å². The fourth-order valence-corrected chi connectivity index (χ4v) is 4.06. The number of urea groups is 1. The molecule has 0 aromatic rings. The Labute approximate surface area is 129 Å². The van der Waals surface area contributed by atoms with Crippen LogP contribution in [0.25, 0.3) is 0 Å². The second kappa shape index (κ2) is 6.87. The van der Waals surface area contributed by atoms with Crippen molar-refractivity contribution in [1.82, 2.24) is 9.80 Å². The summed E-state index contributed by atoms with van der Waals surface area (Å²) in [7, 11) is 1.68. The molecule has 0 aliphatic carbocycles. The van der Waals surface area contributed by atoms with Gasteiger partial charge in [0.05, 0.1) is 24.6 Å². The number of hydrogen-bond donors (Lipinski definition) is 1. The second-order valence-electron chi connectivity index (χ2n) is 5.98. The van der Waals surface area contributed by atoms with E-state index in [1.807, 2.05) is 11.8 Å². The fourth-order valence-electron chi connectivity index (χ4n) is 2.99. The molecule has 1 N–H and O–H groups in total. The number of rotatable bonds is 3. The molecule has 120 valence electrons. The van der Waals surface area contributed by atoms with Crippen LogP contribution >= 0.6 is 11.8 Å². The molecule has 2 saturated heterocycles. The highest BCUT2D eigenvalue weighted by Gasteiger charge is 2.37. The van der Waals surface area contributed by atoms with Gasteiger partial charge in [0.15, 0.2) is 0 Å². The number of ether oxygens (including phenoxy) is 1. The molecule has 2 aliphatic heterocycles. The minimum atomic E-state index is -0.847. The molecular weight excluding hydrogens is 292 g/mol. The lowest BCUT2D eigenvalue weighted by atomic mass is 9.95. The molecule has 0 radical (unpaired) electrons. The predicted octanol–water partition coefficient (Wildman–Crippen LogP) is 1.50. The average molecular weight is 316 g/mol. The Hall–Kier alpha value is -0.950. The largest absolute Gasteiger partial charge is 0.481 e.